The zero-order valence-electron chi connectivity index (χ0n) is 15.4. The average Bonchev–Trinajstić information content (AvgIpc) is 2.72. The third kappa shape index (κ3) is 4.73. The Morgan fingerprint density at radius 3 is 2.67 bits per heavy atom. The number of nitrogens with one attached hydrogen (secondary N) is 1. The van der Waals surface area contributed by atoms with Crippen LogP contribution in [0.15, 0.2) is 48.5 Å². The van der Waals surface area contributed by atoms with Crippen molar-refractivity contribution in [3.8, 4) is 17.2 Å². The van der Waals surface area contributed by atoms with Crippen molar-refractivity contribution in [2.75, 3.05) is 19.6 Å². The molecule has 0 aliphatic carbocycles. The fourth-order valence-corrected chi connectivity index (χ4v) is 3.49. The highest BCUT2D eigenvalue weighted by Crippen LogP contribution is 2.24. The van der Waals surface area contributed by atoms with Crippen molar-refractivity contribution in [3.05, 3.63) is 59.7 Å². The van der Waals surface area contributed by atoms with E-state index in [1.807, 2.05) is 47.4 Å². The highest BCUT2D eigenvalue weighted by Gasteiger charge is 2.24. The molecule has 1 saturated heterocycles. The topological polar surface area (TPSA) is 73.2 Å². The van der Waals surface area contributed by atoms with Crippen molar-refractivity contribution >= 4 is 11.8 Å². The van der Waals surface area contributed by atoms with E-state index in [1.165, 1.54) is 6.92 Å². The highest BCUT2D eigenvalue weighted by molar-refractivity contribution is 5.95. The van der Waals surface area contributed by atoms with E-state index in [4.69, 9.17) is 5.26 Å². The van der Waals surface area contributed by atoms with Gasteiger partial charge in [0.2, 0.25) is 5.91 Å². The molecule has 0 unspecified atom stereocenters. The molecule has 2 aromatic rings. The summed E-state index contributed by atoms with van der Waals surface area (Å²) < 4.78 is 0. The van der Waals surface area contributed by atoms with Gasteiger partial charge in [0, 0.05) is 32.1 Å². The fourth-order valence-electron chi connectivity index (χ4n) is 3.49. The molecule has 0 saturated carbocycles. The molecule has 1 atom stereocenters. The van der Waals surface area contributed by atoms with Crippen LogP contribution in [0.1, 0.15) is 35.7 Å². The summed E-state index contributed by atoms with van der Waals surface area (Å²) in [6.07, 6.45) is 1.96. The zero-order valence-corrected chi connectivity index (χ0v) is 15.4. The van der Waals surface area contributed by atoms with E-state index in [-0.39, 0.29) is 11.8 Å². The van der Waals surface area contributed by atoms with Crippen LogP contribution in [0.5, 0.6) is 0 Å². The summed E-state index contributed by atoms with van der Waals surface area (Å²) in [6.45, 7) is 3.52. The number of carbonyl (C=O) groups is 2. The van der Waals surface area contributed by atoms with Gasteiger partial charge in [-0.25, -0.2) is 0 Å². The molecule has 1 fully saturated rings. The molecule has 1 N–H and O–H groups in total. The van der Waals surface area contributed by atoms with Crippen molar-refractivity contribution in [3.63, 3.8) is 0 Å². The van der Waals surface area contributed by atoms with E-state index in [9.17, 15) is 9.59 Å². The fraction of sp³-hybridized carbons (Fsp3) is 0.318. The van der Waals surface area contributed by atoms with Gasteiger partial charge in [0.25, 0.3) is 5.91 Å². The van der Waals surface area contributed by atoms with E-state index in [0.717, 1.165) is 30.5 Å². The summed E-state index contributed by atoms with van der Waals surface area (Å²) in [5, 5.41) is 11.9. The maximum absolute atomic E-state index is 13.0. The number of nitrogens with zero attached hydrogens (tertiary/aromatic N) is 2. The first-order chi connectivity index (χ1) is 13.1. The lowest BCUT2D eigenvalue weighted by molar-refractivity contribution is -0.119. The SMILES string of the molecule is CC(=O)NC[C@@H]1CCCN(C(=O)c2cccc(-c3cccc(C#N)c3)c2)C1. The first kappa shape index (κ1) is 18.7. The summed E-state index contributed by atoms with van der Waals surface area (Å²) >= 11 is 0. The quantitative estimate of drug-likeness (QED) is 0.909. The smallest absolute Gasteiger partial charge is 0.253 e. The van der Waals surface area contributed by atoms with Gasteiger partial charge in [-0.3, -0.25) is 9.59 Å². The molecule has 0 aromatic heterocycles. The molecule has 5 nitrogen and oxygen atoms in total. The van der Waals surface area contributed by atoms with Gasteiger partial charge in [-0.05, 0) is 54.2 Å². The second kappa shape index (κ2) is 8.50. The summed E-state index contributed by atoms with van der Waals surface area (Å²) in [4.78, 5) is 26.0. The van der Waals surface area contributed by atoms with Gasteiger partial charge >= 0.3 is 0 Å². The number of rotatable bonds is 4. The molecule has 3 rings (SSSR count). The predicted octanol–water partition coefficient (Wildman–Crippen LogP) is 3.21. The van der Waals surface area contributed by atoms with Crippen molar-refractivity contribution in [2.24, 2.45) is 5.92 Å². The third-order valence-electron chi connectivity index (χ3n) is 4.88. The van der Waals surface area contributed by atoms with Gasteiger partial charge in [0.15, 0.2) is 0 Å². The number of carbonyl (C=O) groups excluding carboxylic acids is 2. The Morgan fingerprint density at radius 1 is 1.19 bits per heavy atom. The van der Waals surface area contributed by atoms with Crippen LogP contribution in [-0.2, 0) is 4.79 Å². The van der Waals surface area contributed by atoms with Crippen molar-refractivity contribution in [1.82, 2.24) is 10.2 Å². The molecule has 0 spiro atoms. The summed E-state index contributed by atoms with van der Waals surface area (Å²) in [6, 6.07) is 17.1. The second-order valence-electron chi connectivity index (χ2n) is 6.97. The molecular formula is C22H23N3O2. The molecule has 0 bridgehead atoms. The van der Waals surface area contributed by atoms with Gasteiger partial charge < -0.3 is 10.2 Å². The van der Waals surface area contributed by atoms with E-state index in [2.05, 4.69) is 11.4 Å². The Hall–Kier alpha value is -3.13. The predicted molar refractivity (Wildman–Crippen MR) is 104 cm³/mol. The van der Waals surface area contributed by atoms with Crippen molar-refractivity contribution in [2.45, 2.75) is 19.8 Å². The minimum absolute atomic E-state index is 0.0146. The Labute approximate surface area is 159 Å². The van der Waals surface area contributed by atoms with Gasteiger partial charge in [0.1, 0.15) is 0 Å². The number of benzene rings is 2. The van der Waals surface area contributed by atoms with E-state index in [0.29, 0.717) is 30.1 Å². The van der Waals surface area contributed by atoms with Crippen LogP contribution in [-0.4, -0.2) is 36.3 Å². The van der Waals surface area contributed by atoms with Crippen LogP contribution in [0.4, 0.5) is 0 Å². The van der Waals surface area contributed by atoms with Crippen LogP contribution in [0, 0.1) is 17.2 Å². The largest absolute Gasteiger partial charge is 0.356 e. The van der Waals surface area contributed by atoms with E-state index in [1.54, 1.807) is 6.07 Å². The first-order valence-corrected chi connectivity index (χ1v) is 9.21. The van der Waals surface area contributed by atoms with Crippen molar-refractivity contribution < 1.29 is 9.59 Å². The molecular weight excluding hydrogens is 338 g/mol. The maximum Gasteiger partial charge on any atom is 0.253 e. The minimum atomic E-state index is -0.0363. The van der Waals surface area contributed by atoms with Crippen LogP contribution >= 0.6 is 0 Å². The third-order valence-corrected chi connectivity index (χ3v) is 4.88. The van der Waals surface area contributed by atoms with Gasteiger partial charge in [-0.2, -0.15) is 5.26 Å². The number of likely N-dealkylation sites (tertiary alicyclic amines) is 1. The number of amides is 2. The van der Waals surface area contributed by atoms with Crippen LogP contribution in [0.3, 0.4) is 0 Å². The van der Waals surface area contributed by atoms with Crippen LogP contribution < -0.4 is 5.32 Å². The maximum atomic E-state index is 13.0. The molecule has 1 heterocycles. The lowest BCUT2D eigenvalue weighted by Gasteiger charge is -2.33. The number of hydrogen-bond donors (Lipinski definition) is 1. The number of nitriles is 1. The average molecular weight is 361 g/mol. The minimum Gasteiger partial charge on any atom is -0.356 e. The molecule has 2 amide bonds. The Morgan fingerprint density at radius 2 is 1.93 bits per heavy atom. The first-order valence-electron chi connectivity index (χ1n) is 9.21. The van der Waals surface area contributed by atoms with Crippen LogP contribution in [0.25, 0.3) is 11.1 Å². The molecule has 27 heavy (non-hydrogen) atoms. The van der Waals surface area contributed by atoms with Crippen LogP contribution in [0.2, 0.25) is 0 Å². The number of hydrogen-bond acceptors (Lipinski definition) is 3. The van der Waals surface area contributed by atoms with Gasteiger partial charge in [0.05, 0.1) is 11.6 Å². The molecule has 5 heteroatoms. The lowest BCUT2D eigenvalue weighted by atomic mass is 9.96. The zero-order chi connectivity index (χ0) is 19.2. The van der Waals surface area contributed by atoms with Crippen molar-refractivity contribution in [1.29, 1.82) is 5.26 Å². The Bertz CT molecular complexity index is 885. The Kier molecular flexibility index (Phi) is 5.87. The standard InChI is InChI=1S/C22H23N3O2/c1-16(26)24-14-18-6-4-10-25(15-18)22(27)21-9-3-8-20(12-21)19-7-2-5-17(11-19)13-23/h2-3,5,7-9,11-12,18H,4,6,10,14-15H2,1H3,(H,24,26)/t18-/m0/s1. The molecule has 2 aromatic carbocycles. The summed E-state index contributed by atoms with van der Waals surface area (Å²) in [7, 11) is 0. The van der Waals surface area contributed by atoms with E-state index < -0.39 is 0 Å². The highest BCUT2D eigenvalue weighted by atomic mass is 16.2. The van der Waals surface area contributed by atoms with Gasteiger partial charge in [-0.1, -0.05) is 24.3 Å². The van der Waals surface area contributed by atoms with E-state index >= 15 is 0 Å². The molecule has 1 aliphatic heterocycles. The Balaban J connectivity index is 1.75. The number of piperidine rings is 1. The summed E-state index contributed by atoms with van der Waals surface area (Å²) in [5.74, 6) is 0.272. The molecule has 0 radical (unpaired) electrons. The molecule has 138 valence electrons. The lowest BCUT2D eigenvalue weighted by Crippen LogP contribution is -2.43. The molecule has 1 aliphatic rings. The monoisotopic (exact) mass is 361 g/mol. The second-order valence-corrected chi connectivity index (χ2v) is 6.97. The normalized spacial score (nSPS) is 16.4. The summed E-state index contributed by atoms with van der Waals surface area (Å²) in [5.41, 5.74) is 3.09. The van der Waals surface area contributed by atoms with Gasteiger partial charge in [-0.15, -0.1) is 0 Å².